The van der Waals surface area contributed by atoms with Gasteiger partial charge >= 0.3 is 0 Å². The maximum Gasteiger partial charge on any atom is 0.154 e. The zero-order valence-corrected chi connectivity index (χ0v) is 11.3. The lowest BCUT2D eigenvalue weighted by molar-refractivity contribution is 0.228. The molecule has 1 saturated heterocycles. The number of halogens is 1. The molecular weight excluding hydrogens is 272 g/mol. The quantitative estimate of drug-likeness (QED) is 0.615. The van der Waals surface area contributed by atoms with E-state index in [4.69, 9.17) is 16.3 Å². The maximum absolute atomic E-state index is 11.4. The van der Waals surface area contributed by atoms with Crippen LogP contribution in [0.2, 0.25) is 0 Å². The second kappa shape index (κ2) is 5.64. The van der Waals surface area contributed by atoms with Crippen molar-refractivity contribution in [2.75, 3.05) is 17.4 Å². The minimum absolute atomic E-state index is 0.0876. The largest absolute Gasteiger partial charge is 0.488 e. The van der Waals surface area contributed by atoms with Crippen LogP contribution in [0.3, 0.4) is 0 Å². The molecule has 1 aromatic carbocycles. The van der Waals surface area contributed by atoms with E-state index in [0.717, 1.165) is 5.56 Å². The average molecular weight is 285 g/mol. The Kier molecular flexibility index (Phi) is 4.15. The summed E-state index contributed by atoms with van der Waals surface area (Å²) >= 11 is 5.52. The molecule has 0 amide bonds. The van der Waals surface area contributed by atoms with E-state index >= 15 is 0 Å². The van der Waals surface area contributed by atoms with E-state index in [0.29, 0.717) is 12.2 Å². The van der Waals surface area contributed by atoms with E-state index in [1.165, 1.54) is 0 Å². The van der Waals surface area contributed by atoms with Gasteiger partial charge in [-0.05, 0) is 18.6 Å². The van der Waals surface area contributed by atoms with Gasteiger partial charge in [0.25, 0.3) is 0 Å². The highest BCUT2D eigenvalue weighted by atomic mass is 35.5. The van der Waals surface area contributed by atoms with Gasteiger partial charge in [-0.25, -0.2) is 8.42 Å². The van der Waals surface area contributed by atoms with Crippen LogP contribution in [-0.4, -0.2) is 31.9 Å². The van der Waals surface area contributed by atoms with Crippen molar-refractivity contribution in [1.82, 2.24) is 0 Å². The number of para-hydroxylation sites is 1. The van der Waals surface area contributed by atoms with Crippen LogP contribution in [0.25, 0.3) is 0 Å². The molecule has 5 heteroatoms. The Labute approximate surface area is 112 Å². The fourth-order valence-electron chi connectivity index (χ4n) is 1.83. The first-order chi connectivity index (χ1) is 8.61. The van der Waals surface area contributed by atoms with Crippen molar-refractivity contribution in [2.45, 2.75) is 12.5 Å². The smallest absolute Gasteiger partial charge is 0.154 e. The van der Waals surface area contributed by atoms with Crippen molar-refractivity contribution >= 4 is 21.4 Å². The summed E-state index contributed by atoms with van der Waals surface area (Å²) in [6, 6.07) is 7.32. The molecular formula is C13H13ClO3S. The third kappa shape index (κ3) is 3.41. The summed E-state index contributed by atoms with van der Waals surface area (Å²) in [5, 5.41) is 0. The molecule has 1 aliphatic heterocycles. The van der Waals surface area contributed by atoms with Gasteiger partial charge in [-0.2, -0.15) is 0 Å². The molecule has 1 unspecified atom stereocenters. The lowest BCUT2D eigenvalue weighted by Gasteiger charge is -2.13. The molecule has 3 nitrogen and oxygen atoms in total. The van der Waals surface area contributed by atoms with Crippen molar-refractivity contribution in [3.05, 3.63) is 29.8 Å². The van der Waals surface area contributed by atoms with E-state index in [1.807, 2.05) is 18.2 Å². The van der Waals surface area contributed by atoms with Crippen LogP contribution in [0.15, 0.2) is 24.3 Å². The Bertz CT molecular complexity index is 584. The molecule has 0 radical (unpaired) electrons. The molecule has 1 heterocycles. The summed E-state index contributed by atoms with van der Waals surface area (Å²) in [6.07, 6.45) is 0.272. The summed E-state index contributed by atoms with van der Waals surface area (Å²) in [4.78, 5) is 0. The van der Waals surface area contributed by atoms with E-state index < -0.39 is 9.84 Å². The summed E-state index contributed by atoms with van der Waals surface area (Å²) in [7, 11) is -2.93. The highest BCUT2D eigenvalue weighted by Crippen LogP contribution is 2.22. The van der Waals surface area contributed by atoms with E-state index in [1.54, 1.807) is 6.07 Å². The number of hydrogen-bond donors (Lipinski definition) is 0. The monoisotopic (exact) mass is 284 g/mol. The average Bonchev–Trinajstić information content (AvgIpc) is 2.68. The molecule has 0 spiro atoms. The maximum atomic E-state index is 11.4. The first-order valence-electron chi connectivity index (χ1n) is 5.62. The highest BCUT2D eigenvalue weighted by Gasteiger charge is 2.29. The van der Waals surface area contributed by atoms with Gasteiger partial charge in [0.2, 0.25) is 0 Å². The van der Waals surface area contributed by atoms with Crippen molar-refractivity contribution in [2.24, 2.45) is 0 Å². The Morgan fingerprint density at radius 3 is 2.83 bits per heavy atom. The predicted octanol–water partition coefficient (Wildman–Crippen LogP) is 1.84. The van der Waals surface area contributed by atoms with Gasteiger partial charge in [-0.15, -0.1) is 11.6 Å². The van der Waals surface area contributed by atoms with Crippen LogP contribution in [0.1, 0.15) is 12.0 Å². The van der Waals surface area contributed by atoms with Crippen molar-refractivity contribution < 1.29 is 13.2 Å². The second-order valence-electron chi connectivity index (χ2n) is 4.07. The molecule has 1 aromatic rings. The molecule has 0 N–H and O–H groups in total. The SMILES string of the molecule is O=S1(=O)CCC(Oc2ccccc2C#CCCl)C1. The second-order valence-corrected chi connectivity index (χ2v) is 6.57. The highest BCUT2D eigenvalue weighted by molar-refractivity contribution is 7.91. The molecule has 0 aliphatic carbocycles. The third-order valence-electron chi connectivity index (χ3n) is 2.66. The first-order valence-corrected chi connectivity index (χ1v) is 7.97. The molecule has 0 bridgehead atoms. The first kappa shape index (κ1) is 13.3. The summed E-state index contributed by atoms with van der Waals surface area (Å²) in [5.41, 5.74) is 0.738. The number of ether oxygens (including phenoxy) is 1. The normalized spacial score (nSPS) is 21.1. The Morgan fingerprint density at radius 1 is 1.39 bits per heavy atom. The number of hydrogen-bond acceptors (Lipinski definition) is 3. The number of rotatable bonds is 2. The summed E-state index contributed by atoms with van der Waals surface area (Å²) < 4.78 is 28.4. The zero-order valence-electron chi connectivity index (χ0n) is 9.73. The van der Waals surface area contributed by atoms with Crippen LogP contribution in [0, 0.1) is 11.8 Å². The number of sulfone groups is 1. The zero-order chi connectivity index (χ0) is 13.0. The topological polar surface area (TPSA) is 43.4 Å². The van der Waals surface area contributed by atoms with E-state index in [2.05, 4.69) is 11.8 Å². The fraction of sp³-hybridized carbons (Fsp3) is 0.385. The Hall–Kier alpha value is -1.18. The van der Waals surface area contributed by atoms with Gasteiger partial charge < -0.3 is 4.74 Å². The van der Waals surface area contributed by atoms with Crippen LogP contribution in [0.5, 0.6) is 5.75 Å². The molecule has 0 saturated carbocycles. The molecule has 96 valence electrons. The van der Waals surface area contributed by atoms with Gasteiger partial charge in [-0.3, -0.25) is 0 Å². The number of alkyl halides is 1. The van der Waals surface area contributed by atoms with Crippen molar-refractivity contribution in [3.63, 3.8) is 0 Å². The number of benzene rings is 1. The molecule has 2 rings (SSSR count). The molecule has 1 aliphatic rings. The lowest BCUT2D eigenvalue weighted by Crippen LogP contribution is -2.18. The summed E-state index contributed by atoms with van der Waals surface area (Å²) in [6.45, 7) is 0. The van der Waals surface area contributed by atoms with Crippen LogP contribution in [-0.2, 0) is 9.84 Å². The Balaban J connectivity index is 2.14. The minimum atomic E-state index is -2.93. The third-order valence-corrected chi connectivity index (χ3v) is 4.53. The Morgan fingerprint density at radius 2 is 2.17 bits per heavy atom. The lowest BCUT2D eigenvalue weighted by atomic mass is 10.2. The fourth-order valence-corrected chi connectivity index (χ4v) is 3.49. The van der Waals surface area contributed by atoms with Crippen LogP contribution >= 0.6 is 11.6 Å². The van der Waals surface area contributed by atoms with Crippen LogP contribution in [0.4, 0.5) is 0 Å². The van der Waals surface area contributed by atoms with Gasteiger partial charge in [0.05, 0.1) is 22.9 Å². The van der Waals surface area contributed by atoms with E-state index in [-0.39, 0.29) is 23.5 Å². The molecule has 1 atom stereocenters. The van der Waals surface area contributed by atoms with E-state index in [9.17, 15) is 8.42 Å². The molecule has 0 aromatic heterocycles. The molecule has 18 heavy (non-hydrogen) atoms. The molecule has 1 fully saturated rings. The predicted molar refractivity (Wildman–Crippen MR) is 71.7 cm³/mol. The van der Waals surface area contributed by atoms with Gasteiger partial charge in [-0.1, -0.05) is 24.0 Å². The van der Waals surface area contributed by atoms with Crippen molar-refractivity contribution in [1.29, 1.82) is 0 Å². The van der Waals surface area contributed by atoms with Gasteiger partial charge in [0.15, 0.2) is 9.84 Å². The van der Waals surface area contributed by atoms with Gasteiger partial charge in [0.1, 0.15) is 11.9 Å². The van der Waals surface area contributed by atoms with Gasteiger partial charge in [0, 0.05) is 0 Å². The van der Waals surface area contributed by atoms with Crippen LogP contribution < -0.4 is 4.74 Å². The standard InChI is InChI=1S/C13H13ClO3S/c14-8-3-5-11-4-1-2-6-13(11)17-12-7-9-18(15,16)10-12/h1-2,4,6,12H,7-10H2. The summed E-state index contributed by atoms with van der Waals surface area (Å²) in [5.74, 6) is 6.83. The minimum Gasteiger partial charge on any atom is -0.488 e. The van der Waals surface area contributed by atoms with Crippen molar-refractivity contribution in [3.8, 4) is 17.6 Å².